The molecule has 11 nitrogen and oxygen atoms in total. The summed E-state index contributed by atoms with van der Waals surface area (Å²) in [7, 11) is 0. The molecule has 11 heteroatoms. The van der Waals surface area contributed by atoms with Crippen molar-refractivity contribution in [2.45, 2.75) is 51.4 Å². The number of carbonyl (C=O) groups is 2. The van der Waals surface area contributed by atoms with Crippen molar-refractivity contribution in [3.63, 3.8) is 0 Å². The minimum atomic E-state index is -0.305. The number of hydrogen-bond acceptors (Lipinski definition) is 8. The largest absolute Gasteiger partial charge is 0.378 e. The third kappa shape index (κ3) is 4.11. The second-order valence-corrected chi connectivity index (χ2v) is 11.8. The Balaban J connectivity index is 1.22. The van der Waals surface area contributed by atoms with E-state index in [9.17, 15) is 9.59 Å². The van der Waals surface area contributed by atoms with E-state index < -0.39 is 0 Å². The molecule has 7 rings (SSSR count). The number of ether oxygens (including phenoxy) is 2. The van der Waals surface area contributed by atoms with Gasteiger partial charge in [0.2, 0.25) is 0 Å². The molecule has 3 saturated heterocycles. The quantitative estimate of drug-likeness (QED) is 0.548. The van der Waals surface area contributed by atoms with E-state index in [4.69, 9.17) is 14.5 Å². The Hall–Kier alpha value is -3.70. The van der Waals surface area contributed by atoms with Gasteiger partial charge < -0.3 is 29.5 Å². The van der Waals surface area contributed by atoms with E-state index in [1.807, 2.05) is 50.1 Å². The number of fused-ring (bicyclic) bond motifs is 4. The van der Waals surface area contributed by atoms with Gasteiger partial charge in [-0.15, -0.1) is 0 Å². The van der Waals surface area contributed by atoms with Crippen LogP contribution < -0.4 is 15.1 Å². The zero-order valence-electron chi connectivity index (χ0n) is 22.5. The lowest BCUT2D eigenvalue weighted by Gasteiger charge is -2.31. The average molecular weight is 532 g/mol. The monoisotopic (exact) mass is 531 g/mol. The lowest BCUT2D eigenvalue weighted by molar-refractivity contribution is 0.0609. The summed E-state index contributed by atoms with van der Waals surface area (Å²) in [5.41, 5.74) is 3.71. The van der Waals surface area contributed by atoms with Crippen molar-refractivity contribution in [3.05, 3.63) is 47.3 Å². The molecule has 2 aromatic heterocycles. The summed E-state index contributed by atoms with van der Waals surface area (Å²) in [6.07, 6.45) is 4.67. The van der Waals surface area contributed by atoms with Crippen LogP contribution in [0.3, 0.4) is 0 Å². The molecule has 4 aliphatic heterocycles. The maximum absolute atomic E-state index is 13.7. The second kappa shape index (κ2) is 8.92. The SMILES string of the molecule is CC(C)(C)N1Cc2cc(NC(=O)c3cnn4ccc(N5C[C@H]6C[C@@H]5CO6)nc34)c(N3CCOCC3)cc2C1=O. The smallest absolute Gasteiger partial charge is 0.261 e. The molecule has 0 aliphatic carbocycles. The molecule has 4 aliphatic rings. The van der Waals surface area contributed by atoms with Crippen LogP contribution in [0.5, 0.6) is 0 Å². The molecule has 0 radical (unpaired) electrons. The van der Waals surface area contributed by atoms with Gasteiger partial charge in [0.05, 0.1) is 49.5 Å². The Labute approximate surface area is 226 Å². The molecular weight excluding hydrogens is 498 g/mol. The summed E-state index contributed by atoms with van der Waals surface area (Å²) < 4.78 is 12.9. The van der Waals surface area contributed by atoms with E-state index in [0.717, 1.165) is 30.0 Å². The van der Waals surface area contributed by atoms with Crippen LogP contribution in [0.1, 0.15) is 53.5 Å². The molecule has 6 heterocycles. The van der Waals surface area contributed by atoms with Crippen molar-refractivity contribution >= 4 is 34.7 Å². The van der Waals surface area contributed by atoms with Crippen LogP contribution in [0.25, 0.3) is 5.65 Å². The number of anilines is 3. The van der Waals surface area contributed by atoms with Gasteiger partial charge in [0.25, 0.3) is 11.8 Å². The number of hydrogen-bond donors (Lipinski definition) is 1. The maximum atomic E-state index is 13.7. The first-order chi connectivity index (χ1) is 18.8. The highest BCUT2D eigenvalue weighted by Crippen LogP contribution is 2.37. The van der Waals surface area contributed by atoms with Gasteiger partial charge in [-0.25, -0.2) is 9.50 Å². The third-order valence-corrected chi connectivity index (χ3v) is 8.23. The normalized spacial score (nSPS) is 22.7. The van der Waals surface area contributed by atoms with Crippen LogP contribution >= 0.6 is 0 Å². The molecule has 1 aromatic carbocycles. The van der Waals surface area contributed by atoms with Crippen molar-refractivity contribution in [2.24, 2.45) is 0 Å². The molecular formula is C28H33N7O4. The summed E-state index contributed by atoms with van der Waals surface area (Å²) in [5.74, 6) is 0.567. The Kier molecular flexibility index (Phi) is 5.57. The maximum Gasteiger partial charge on any atom is 0.261 e. The standard InChI is InChI=1S/C28H33N7O4/c1-28(2,3)34-14-17-10-22(23(12-20(17)27(34)37)32-6-8-38-9-7-32)30-26(36)21-13-29-35-5-4-24(31-25(21)35)33-15-19-11-18(33)16-39-19/h4-5,10,12-13,18-19H,6-9,11,14-16H2,1-3H3,(H,30,36)/t18-,19-/m1/s1. The van der Waals surface area contributed by atoms with Gasteiger partial charge in [0, 0.05) is 43.5 Å². The van der Waals surface area contributed by atoms with Gasteiger partial charge in [-0.1, -0.05) is 0 Å². The molecule has 3 fully saturated rings. The Morgan fingerprint density at radius 1 is 1.18 bits per heavy atom. The van der Waals surface area contributed by atoms with Crippen molar-refractivity contribution in [2.75, 3.05) is 54.6 Å². The van der Waals surface area contributed by atoms with Gasteiger partial charge >= 0.3 is 0 Å². The van der Waals surface area contributed by atoms with Crippen LogP contribution in [0.4, 0.5) is 17.2 Å². The van der Waals surface area contributed by atoms with E-state index in [1.54, 1.807) is 10.7 Å². The van der Waals surface area contributed by atoms with Gasteiger partial charge in [-0.2, -0.15) is 5.10 Å². The zero-order chi connectivity index (χ0) is 26.9. The highest BCUT2D eigenvalue weighted by atomic mass is 16.5. The van der Waals surface area contributed by atoms with Gasteiger partial charge in [-0.05, 0) is 51.0 Å². The third-order valence-electron chi connectivity index (χ3n) is 8.23. The first-order valence-electron chi connectivity index (χ1n) is 13.6. The van der Waals surface area contributed by atoms with Crippen molar-refractivity contribution in [1.82, 2.24) is 19.5 Å². The van der Waals surface area contributed by atoms with Crippen molar-refractivity contribution < 1.29 is 19.1 Å². The van der Waals surface area contributed by atoms with E-state index >= 15 is 0 Å². The van der Waals surface area contributed by atoms with E-state index in [1.165, 1.54) is 0 Å². The van der Waals surface area contributed by atoms with E-state index in [0.29, 0.717) is 68.0 Å². The first-order valence-corrected chi connectivity index (χ1v) is 13.6. The topological polar surface area (TPSA) is 105 Å². The number of morpholine rings is 2. The molecule has 2 bridgehead atoms. The lowest BCUT2D eigenvalue weighted by atomic mass is 10.1. The molecule has 204 valence electrons. The van der Waals surface area contributed by atoms with Crippen LogP contribution in [-0.4, -0.2) is 88.5 Å². The van der Waals surface area contributed by atoms with Crippen LogP contribution in [-0.2, 0) is 16.0 Å². The summed E-state index contributed by atoms with van der Waals surface area (Å²) >= 11 is 0. The number of nitrogens with zero attached hydrogens (tertiary/aromatic N) is 6. The number of benzene rings is 1. The minimum Gasteiger partial charge on any atom is -0.378 e. The molecule has 1 N–H and O–H groups in total. The van der Waals surface area contributed by atoms with E-state index in [2.05, 4.69) is 20.2 Å². The highest BCUT2D eigenvalue weighted by molar-refractivity contribution is 6.10. The van der Waals surface area contributed by atoms with Crippen molar-refractivity contribution in [1.29, 1.82) is 0 Å². The summed E-state index contributed by atoms with van der Waals surface area (Å²) in [5, 5.41) is 7.52. The predicted molar refractivity (Wildman–Crippen MR) is 146 cm³/mol. The van der Waals surface area contributed by atoms with Crippen LogP contribution in [0.2, 0.25) is 0 Å². The predicted octanol–water partition coefficient (Wildman–Crippen LogP) is 2.55. The number of amides is 2. The van der Waals surface area contributed by atoms with Gasteiger partial charge in [-0.3, -0.25) is 9.59 Å². The molecule has 0 spiro atoms. The van der Waals surface area contributed by atoms with Crippen LogP contribution in [0.15, 0.2) is 30.6 Å². The average Bonchev–Trinajstić information content (AvgIpc) is 3.71. The zero-order valence-corrected chi connectivity index (χ0v) is 22.5. The highest BCUT2D eigenvalue weighted by Gasteiger charge is 2.40. The van der Waals surface area contributed by atoms with Gasteiger partial charge in [0.1, 0.15) is 11.4 Å². The lowest BCUT2D eigenvalue weighted by Crippen LogP contribution is -2.41. The molecule has 2 amide bonds. The Bertz CT molecular complexity index is 1470. The molecule has 3 aromatic rings. The van der Waals surface area contributed by atoms with E-state index in [-0.39, 0.29) is 23.5 Å². The Morgan fingerprint density at radius 3 is 2.72 bits per heavy atom. The molecule has 39 heavy (non-hydrogen) atoms. The molecule has 0 saturated carbocycles. The molecule has 2 atom stereocenters. The number of carbonyl (C=O) groups excluding carboxylic acids is 2. The first kappa shape index (κ1) is 24.3. The fraction of sp³-hybridized carbons (Fsp3) is 0.500. The Morgan fingerprint density at radius 2 is 2.00 bits per heavy atom. The molecule has 0 unspecified atom stereocenters. The second-order valence-electron chi connectivity index (χ2n) is 11.8. The van der Waals surface area contributed by atoms with Gasteiger partial charge in [0.15, 0.2) is 5.65 Å². The number of nitrogens with one attached hydrogen (secondary N) is 1. The fourth-order valence-corrected chi connectivity index (χ4v) is 6.11. The minimum absolute atomic E-state index is 0.0188. The summed E-state index contributed by atoms with van der Waals surface area (Å²) in [4.78, 5) is 38.2. The summed E-state index contributed by atoms with van der Waals surface area (Å²) in [6.45, 7) is 10.7. The van der Waals surface area contributed by atoms with Crippen molar-refractivity contribution in [3.8, 4) is 0 Å². The summed E-state index contributed by atoms with van der Waals surface area (Å²) in [6, 6.07) is 6.15. The number of aromatic nitrogens is 3. The fourth-order valence-electron chi connectivity index (χ4n) is 6.11. The number of rotatable bonds is 4. The van der Waals surface area contributed by atoms with Crippen LogP contribution in [0, 0.1) is 0 Å².